The fourth-order valence-corrected chi connectivity index (χ4v) is 0. The molecule has 7 heavy (non-hydrogen) atoms. The van der Waals surface area contributed by atoms with Crippen molar-refractivity contribution in [1.29, 1.82) is 0 Å². The second kappa shape index (κ2) is 29.1. The van der Waals surface area contributed by atoms with Gasteiger partial charge in [0.1, 0.15) is 0 Å². The molecule has 0 saturated carbocycles. The summed E-state index contributed by atoms with van der Waals surface area (Å²) < 4.78 is 34.1. The first-order chi connectivity index (χ1) is 2.83. The number of hydrogen-bond donors (Lipinski definition) is 0. The van der Waals surface area contributed by atoms with Gasteiger partial charge >= 0.3 is 64.3 Å². The molecule has 0 heterocycles. The molecule has 1 radical (unpaired) electrons. The average molecular weight is 266 g/mol. The first-order valence-electron chi connectivity index (χ1n) is 0.943. The van der Waals surface area contributed by atoms with Gasteiger partial charge < -0.3 is 0 Å². The van der Waals surface area contributed by atoms with E-state index in [-0.39, 0.29) is 17.1 Å². The summed E-state index contributed by atoms with van der Waals surface area (Å²) in [6, 6.07) is 0. The maximum atomic E-state index is 8.53. The summed E-state index contributed by atoms with van der Waals surface area (Å²) in [5, 5.41) is 0. The summed E-state index contributed by atoms with van der Waals surface area (Å²) in [6.07, 6.45) is 0. The summed E-state index contributed by atoms with van der Waals surface area (Å²) in [5.41, 5.74) is 0. The Hall–Kier alpha value is 0.805. The molecule has 0 saturated heterocycles. The van der Waals surface area contributed by atoms with Crippen molar-refractivity contribution in [1.82, 2.24) is 0 Å². The van der Waals surface area contributed by atoms with Gasteiger partial charge in [-0.05, 0) is 0 Å². The van der Waals surface area contributed by atoms with Crippen molar-refractivity contribution in [2.45, 2.75) is 0 Å². The van der Waals surface area contributed by atoms with E-state index in [9.17, 15) is 0 Å². The Balaban J connectivity index is -0.0000000400. The second-order valence-electron chi connectivity index (χ2n) is 0.192. The first-order valence-corrected chi connectivity index (χ1v) is 4.90. The Bertz CT molecular complexity index is 30.7. The normalized spacial score (nSPS) is 3.43. The molecule has 4 nitrogen and oxygen atoms in total. The van der Waals surface area contributed by atoms with Gasteiger partial charge in [-0.15, -0.1) is 0 Å². The van der Waals surface area contributed by atoms with Crippen LogP contribution in [0.25, 0.3) is 0 Å². The summed E-state index contributed by atoms with van der Waals surface area (Å²) >= 11 is -4.38. The van der Waals surface area contributed by atoms with E-state index in [4.69, 9.17) is 15.8 Å². The molecule has 0 aromatic carbocycles. The van der Waals surface area contributed by atoms with Crippen LogP contribution >= 0.6 is 0 Å². The van der Waals surface area contributed by atoms with E-state index in [1.54, 1.807) is 0 Å². The van der Waals surface area contributed by atoms with Crippen LogP contribution in [-0.4, -0.2) is 31.4 Å². The molecule has 0 spiro atoms. The van der Waals surface area contributed by atoms with Gasteiger partial charge in [-0.1, -0.05) is 0 Å². The topological polar surface area (TPSA) is 80.3 Å². The summed E-state index contributed by atoms with van der Waals surface area (Å²) in [6.45, 7) is 0. The Morgan fingerprint density at radius 2 is 1.00 bits per heavy atom. The summed E-state index contributed by atoms with van der Waals surface area (Å²) in [4.78, 5) is 0. The van der Waals surface area contributed by atoms with Crippen LogP contribution in [0.1, 0.15) is 0 Å². The van der Waals surface area contributed by atoms with Crippen LogP contribution < -0.4 is 8.27 Å². The molecule has 0 rings (SSSR count). The van der Waals surface area contributed by atoms with Crippen LogP contribution in [0.4, 0.5) is 0 Å². The van der Waals surface area contributed by atoms with Gasteiger partial charge in [-0.2, -0.15) is 0 Å². The minimum atomic E-state index is -2.19. The van der Waals surface area contributed by atoms with Gasteiger partial charge in [0.2, 0.25) is 0 Å². The van der Waals surface area contributed by atoms with Gasteiger partial charge in [-0.3, -0.25) is 0 Å². The van der Waals surface area contributed by atoms with Gasteiger partial charge in [0, 0.05) is 0 Å². The van der Waals surface area contributed by atoms with Crippen LogP contribution in [0, 0.1) is 0 Å². The molecule has 41 valence electrons. The molecule has 0 atom stereocenters. The van der Waals surface area contributed by atoms with Crippen LogP contribution in [0.5, 0.6) is 0 Å². The first kappa shape index (κ1) is 15.7. The molecule has 0 fully saturated rings. The quantitative estimate of drug-likeness (QED) is 0.420. The summed E-state index contributed by atoms with van der Waals surface area (Å²) in [7, 11) is 0. The van der Waals surface area contributed by atoms with Crippen molar-refractivity contribution in [3.63, 3.8) is 0 Å². The van der Waals surface area contributed by atoms with E-state index >= 15 is 0 Å². The van der Waals surface area contributed by atoms with Gasteiger partial charge in [0.25, 0.3) is 0 Å². The number of hydrogen-bond acceptors (Lipinski definition) is 4. The van der Waals surface area contributed by atoms with Crippen molar-refractivity contribution in [3.05, 3.63) is 0 Å². The molecule has 0 aliphatic rings. The molecule has 7 heteroatoms. The van der Waals surface area contributed by atoms with Crippen LogP contribution in [-0.2, 0) is 24.6 Å². The average Bonchev–Trinajstić information content (AvgIpc) is 1.39. The molecule has 0 aliphatic heterocycles. The van der Waals surface area contributed by atoms with E-state index in [0.29, 0.717) is 0 Å². The Labute approximate surface area is 64.2 Å². The van der Waals surface area contributed by atoms with Crippen LogP contribution in [0.15, 0.2) is 0 Å². The summed E-state index contributed by atoms with van der Waals surface area (Å²) in [5.74, 6) is 0. The maximum absolute atomic E-state index is 8.53. The Kier molecular flexibility index (Phi) is 65.2. The fourth-order valence-electron chi connectivity index (χ4n) is 0. The molecular formula is H2Ge2MnO4. The van der Waals surface area contributed by atoms with E-state index in [1.165, 1.54) is 0 Å². The monoisotopic (exact) mass is 269 g/mol. The molecule has 0 bridgehead atoms. The second-order valence-corrected chi connectivity index (χ2v) is 1.00. The third-order valence-electron chi connectivity index (χ3n) is 0. The molecule has 0 unspecified atom stereocenters. The third-order valence-corrected chi connectivity index (χ3v) is 0. The fraction of sp³-hybridized carbons (Fsp3) is 0. The molecule has 0 aromatic rings. The molecule has 0 aliphatic carbocycles. The van der Waals surface area contributed by atoms with E-state index in [0.717, 1.165) is 0 Å². The van der Waals surface area contributed by atoms with Gasteiger partial charge in [0.15, 0.2) is 0 Å². The van der Waals surface area contributed by atoms with Crippen LogP contribution in [0.2, 0.25) is 0 Å². The molecule has 0 N–H and O–H groups in total. The standard InChI is InChI=1S/2GeHO2.Mn/c2*2-1-3;/h2*1H;/q2*-1;+2. The number of rotatable bonds is 0. The van der Waals surface area contributed by atoms with Crippen molar-refractivity contribution < 1.29 is 32.9 Å². The molecular weight excluding hydrogens is 264 g/mol. The molecule has 0 amide bonds. The van der Waals surface area contributed by atoms with Crippen molar-refractivity contribution >= 4 is 31.4 Å². The van der Waals surface area contributed by atoms with E-state index in [1.807, 2.05) is 0 Å². The predicted molar refractivity (Wildman–Crippen MR) is 15.7 cm³/mol. The molecule has 0 aromatic heterocycles. The van der Waals surface area contributed by atoms with Crippen molar-refractivity contribution in [3.8, 4) is 0 Å². The predicted octanol–water partition coefficient (Wildman–Crippen LogP) is -3.92. The van der Waals surface area contributed by atoms with Crippen LogP contribution in [0.3, 0.4) is 0 Å². The Morgan fingerprint density at radius 1 is 1.00 bits per heavy atom. The minimum absolute atomic E-state index is 0. The van der Waals surface area contributed by atoms with Crippen molar-refractivity contribution in [2.24, 2.45) is 0 Å². The van der Waals surface area contributed by atoms with Crippen molar-refractivity contribution in [2.75, 3.05) is 0 Å². The zero-order valence-corrected chi connectivity index (χ0v) is 9.19. The van der Waals surface area contributed by atoms with E-state index in [2.05, 4.69) is 0 Å². The SMILES string of the molecule is [Mn+2].[O]=[GeH][O-].[O]=[GeH][O-]. The zero-order valence-electron chi connectivity index (χ0n) is 3.17. The zero-order chi connectivity index (χ0) is 5.41. The van der Waals surface area contributed by atoms with Gasteiger partial charge in [-0.25, -0.2) is 0 Å². The van der Waals surface area contributed by atoms with Gasteiger partial charge in [0.05, 0.1) is 0 Å². The third kappa shape index (κ3) is 242. The van der Waals surface area contributed by atoms with E-state index < -0.39 is 31.4 Å². The Morgan fingerprint density at radius 3 is 1.00 bits per heavy atom.